The molecule has 8 nitrogen and oxygen atoms in total. The number of ether oxygens (including phenoxy) is 1. The van der Waals surface area contributed by atoms with Crippen LogP contribution < -0.4 is 4.74 Å². The molecule has 4 heterocycles. The second kappa shape index (κ2) is 11.0. The second-order valence-electron chi connectivity index (χ2n) is 8.75. The molecule has 0 N–H and O–H groups in total. The van der Waals surface area contributed by atoms with E-state index in [0.29, 0.717) is 58.9 Å². The van der Waals surface area contributed by atoms with Crippen LogP contribution in [0.1, 0.15) is 33.8 Å². The molecule has 0 spiro atoms. The van der Waals surface area contributed by atoms with Crippen molar-refractivity contribution >= 4 is 29.1 Å². The highest BCUT2D eigenvalue weighted by molar-refractivity contribution is 6.42. The van der Waals surface area contributed by atoms with Gasteiger partial charge < -0.3 is 9.64 Å². The number of halogens is 2. The maximum Gasteiger partial charge on any atom is 0.255 e. The molecule has 1 aromatic carbocycles. The number of aromatic nitrogens is 4. The minimum atomic E-state index is -0.0842. The number of nitriles is 1. The molecule has 1 fully saturated rings. The van der Waals surface area contributed by atoms with Crippen molar-refractivity contribution in [3.63, 3.8) is 0 Å². The molecule has 3 aromatic heterocycles. The molecule has 1 aliphatic heterocycles. The van der Waals surface area contributed by atoms with E-state index in [0.717, 1.165) is 5.56 Å². The van der Waals surface area contributed by atoms with E-state index in [2.05, 4.69) is 21.0 Å². The maximum atomic E-state index is 13.4. The van der Waals surface area contributed by atoms with E-state index < -0.39 is 0 Å². The Bertz CT molecular complexity index is 1440. The summed E-state index contributed by atoms with van der Waals surface area (Å²) in [5.41, 5.74) is 1.92. The van der Waals surface area contributed by atoms with Gasteiger partial charge in [0.1, 0.15) is 29.5 Å². The van der Waals surface area contributed by atoms with Gasteiger partial charge in [0, 0.05) is 50.0 Å². The molecule has 2 unspecified atom stereocenters. The van der Waals surface area contributed by atoms with Gasteiger partial charge in [-0.05, 0) is 48.2 Å². The molecular weight excluding hydrogens is 511 g/mol. The average Bonchev–Trinajstić information content (AvgIpc) is 3.61. The lowest BCUT2D eigenvalue weighted by Crippen LogP contribution is -2.29. The predicted octanol–water partition coefficient (Wildman–Crippen LogP) is 5.17. The summed E-state index contributed by atoms with van der Waals surface area (Å²) >= 11 is 12.5. The van der Waals surface area contributed by atoms with E-state index in [1.165, 1.54) is 6.20 Å². The van der Waals surface area contributed by atoms with Gasteiger partial charge in [-0.2, -0.15) is 5.26 Å². The maximum absolute atomic E-state index is 13.4. The zero-order valence-electron chi connectivity index (χ0n) is 19.7. The van der Waals surface area contributed by atoms with Gasteiger partial charge in [-0.1, -0.05) is 29.3 Å². The molecule has 1 saturated heterocycles. The Morgan fingerprint density at radius 3 is 2.70 bits per heavy atom. The fourth-order valence-corrected chi connectivity index (χ4v) is 4.91. The van der Waals surface area contributed by atoms with E-state index in [-0.39, 0.29) is 17.7 Å². The van der Waals surface area contributed by atoms with Crippen LogP contribution in [0.2, 0.25) is 10.0 Å². The second-order valence-corrected chi connectivity index (χ2v) is 9.56. The van der Waals surface area contributed by atoms with Crippen LogP contribution in [-0.4, -0.2) is 50.0 Å². The summed E-state index contributed by atoms with van der Waals surface area (Å²) in [6.07, 6.45) is 10.5. The zero-order chi connectivity index (χ0) is 25.8. The minimum Gasteiger partial charge on any atom is -0.492 e. The topological polar surface area (TPSA) is 96.9 Å². The van der Waals surface area contributed by atoms with Crippen LogP contribution in [0.5, 0.6) is 5.75 Å². The zero-order valence-corrected chi connectivity index (χ0v) is 21.2. The van der Waals surface area contributed by atoms with Crippen molar-refractivity contribution in [1.82, 2.24) is 24.4 Å². The third-order valence-electron chi connectivity index (χ3n) is 6.51. The van der Waals surface area contributed by atoms with Gasteiger partial charge in [-0.3, -0.25) is 14.3 Å². The van der Waals surface area contributed by atoms with Crippen LogP contribution in [-0.2, 0) is 0 Å². The third-order valence-corrected chi connectivity index (χ3v) is 7.25. The molecule has 0 radical (unpaired) electrons. The Balaban J connectivity index is 1.33. The average molecular weight is 533 g/mol. The number of carbonyl (C=O) groups excluding carboxylic acids is 1. The Morgan fingerprint density at radius 2 is 1.97 bits per heavy atom. The lowest BCUT2D eigenvalue weighted by molar-refractivity contribution is 0.0784. The summed E-state index contributed by atoms with van der Waals surface area (Å²) in [7, 11) is 0. The third kappa shape index (κ3) is 5.43. The van der Waals surface area contributed by atoms with Crippen molar-refractivity contribution in [2.75, 3.05) is 19.7 Å². The van der Waals surface area contributed by atoms with E-state index >= 15 is 0 Å². The SMILES string of the molecule is N#Cc1cnccc1OCCC1CN(C(=O)c2ccc(-n3ccnc3)nc2)CC1c1ccc(Cl)c(Cl)c1. The number of hydrogen-bond donors (Lipinski definition) is 0. The fraction of sp³-hybridized carbons (Fsp3) is 0.222. The summed E-state index contributed by atoms with van der Waals surface area (Å²) in [6, 6.07) is 13.0. The van der Waals surface area contributed by atoms with Gasteiger partial charge in [0.25, 0.3) is 5.91 Å². The molecule has 37 heavy (non-hydrogen) atoms. The molecule has 1 aliphatic rings. The van der Waals surface area contributed by atoms with Crippen molar-refractivity contribution in [2.24, 2.45) is 5.92 Å². The summed E-state index contributed by atoms with van der Waals surface area (Å²) < 4.78 is 7.69. The van der Waals surface area contributed by atoms with Crippen LogP contribution in [0.25, 0.3) is 5.82 Å². The van der Waals surface area contributed by atoms with Gasteiger partial charge in [0.15, 0.2) is 0 Å². The predicted molar refractivity (Wildman–Crippen MR) is 139 cm³/mol. The fourth-order valence-electron chi connectivity index (χ4n) is 4.60. The molecule has 5 rings (SSSR count). The Morgan fingerprint density at radius 1 is 1.08 bits per heavy atom. The normalized spacial score (nSPS) is 16.9. The molecule has 10 heteroatoms. The summed E-state index contributed by atoms with van der Waals surface area (Å²) in [4.78, 5) is 27.7. The van der Waals surface area contributed by atoms with E-state index in [1.807, 2.05) is 17.0 Å². The van der Waals surface area contributed by atoms with Gasteiger partial charge in [0.05, 0.1) is 22.2 Å². The summed E-state index contributed by atoms with van der Waals surface area (Å²) in [6.45, 7) is 1.48. The van der Waals surface area contributed by atoms with Crippen molar-refractivity contribution in [2.45, 2.75) is 12.3 Å². The number of benzene rings is 1. The van der Waals surface area contributed by atoms with Crippen molar-refractivity contribution in [1.29, 1.82) is 5.26 Å². The first-order valence-corrected chi connectivity index (χ1v) is 12.4. The number of likely N-dealkylation sites (tertiary alicyclic amines) is 1. The Labute approximate surface area is 224 Å². The number of amides is 1. The number of pyridine rings is 2. The molecule has 0 bridgehead atoms. The van der Waals surface area contributed by atoms with Crippen LogP contribution in [0, 0.1) is 17.2 Å². The van der Waals surface area contributed by atoms with Gasteiger partial charge >= 0.3 is 0 Å². The molecule has 1 amide bonds. The highest BCUT2D eigenvalue weighted by Crippen LogP contribution is 2.38. The highest BCUT2D eigenvalue weighted by atomic mass is 35.5. The summed E-state index contributed by atoms with van der Waals surface area (Å²) in [5, 5.41) is 10.3. The number of hydrogen-bond acceptors (Lipinski definition) is 6. The largest absolute Gasteiger partial charge is 0.492 e. The first kappa shape index (κ1) is 24.8. The number of imidazole rings is 1. The van der Waals surface area contributed by atoms with Crippen molar-refractivity contribution in [3.05, 3.63) is 100 Å². The molecule has 0 aliphatic carbocycles. The molecule has 0 saturated carbocycles. The van der Waals surface area contributed by atoms with E-state index in [4.69, 9.17) is 27.9 Å². The standard InChI is InChI=1S/C27H22Cl2N6O2/c28-23-3-1-18(11-24(23)29)22-16-35(15-20(22)6-10-37-25-5-7-31-13-21(25)12-30)27(36)19-2-4-26(33-14-19)34-9-8-32-17-34/h1-5,7-9,11,13-14,17,20,22H,6,10,15-16H2. The lowest BCUT2D eigenvalue weighted by Gasteiger charge is -2.19. The Kier molecular flexibility index (Phi) is 7.35. The molecule has 2 atom stereocenters. The smallest absolute Gasteiger partial charge is 0.255 e. The monoisotopic (exact) mass is 532 g/mol. The first-order chi connectivity index (χ1) is 18.0. The molecule has 186 valence electrons. The Hall–Kier alpha value is -3.93. The lowest BCUT2D eigenvalue weighted by atomic mass is 9.87. The quantitative estimate of drug-likeness (QED) is 0.325. The van der Waals surface area contributed by atoms with Gasteiger partial charge in [-0.15, -0.1) is 0 Å². The highest BCUT2D eigenvalue weighted by Gasteiger charge is 2.36. The van der Waals surface area contributed by atoms with Crippen LogP contribution in [0.4, 0.5) is 0 Å². The summed E-state index contributed by atoms with van der Waals surface area (Å²) in [5.74, 6) is 1.27. The van der Waals surface area contributed by atoms with E-state index in [1.54, 1.807) is 59.9 Å². The van der Waals surface area contributed by atoms with Crippen molar-refractivity contribution < 1.29 is 9.53 Å². The molecular formula is C27H22Cl2N6O2. The number of carbonyl (C=O) groups is 1. The first-order valence-electron chi connectivity index (χ1n) is 11.7. The van der Waals surface area contributed by atoms with Crippen LogP contribution in [0.3, 0.4) is 0 Å². The number of rotatable bonds is 7. The minimum absolute atomic E-state index is 0.0494. The van der Waals surface area contributed by atoms with Gasteiger partial charge in [-0.25, -0.2) is 9.97 Å². The van der Waals surface area contributed by atoms with E-state index in [9.17, 15) is 10.1 Å². The number of nitrogens with zero attached hydrogens (tertiary/aromatic N) is 6. The van der Waals surface area contributed by atoms with Crippen LogP contribution in [0.15, 0.2) is 73.7 Å². The van der Waals surface area contributed by atoms with Crippen molar-refractivity contribution in [3.8, 4) is 17.6 Å². The van der Waals surface area contributed by atoms with Gasteiger partial charge in [0.2, 0.25) is 0 Å². The molecule has 4 aromatic rings. The van der Waals surface area contributed by atoms with Crippen LogP contribution >= 0.6 is 23.2 Å².